The Labute approximate surface area is 82.0 Å². The highest BCUT2D eigenvalue weighted by Crippen LogP contribution is 2.10. The minimum absolute atomic E-state index is 0.154. The van der Waals surface area contributed by atoms with Gasteiger partial charge in [-0.3, -0.25) is 0 Å². The van der Waals surface area contributed by atoms with Crippen molar-refractivity contribution in [2.24, 2.45) is 0 Å². The standard InChI is InChI=1S/C11H24O2/c1-3-6-10(12)8-5-9-11(13)7-4-2/h10-13H,3-9H2,1-2H3/t10-,11-/m1/s1. The third-order valence-electron chi connectivity index (χ3n) is 2.32. The predicted octanol–water partition coefficient (Wildman–Crippen LogP) is 2.48. The zero-order chi connectivity index (χ0) is 10.1. The van der Waals surface area contributed by atoms with E-state index in [4.69, 9.17) is 0 Å². The van der Waals surface area contributed by atoms with E-state index in [-0.39, 0.29) is 12.2 Å². The van der Waals surface area contributed by atoms with E-state index in [1.165, 1.54) is 0 Å². The lowest BCUT2D eigenvalue weighted by Gasteiger charge is -2.11. The molecule has 0 radical (unpaired) electrons. The summed E-state index contributed by atoms with van der Waals surface area (Å²) in [5.74, 6) is 0. The summed E-state index contributed by atoms with van der Waals surface area (Å²) in [4.78, 5) is 0. The van der Waals surface area contributed by atoms with Crippen molar-refractivity contribution >= 4 is 0 Å². The second-order valence-electron chi connectivity index (χ2n) is 3.82. The van der Waals surface area contributed by atoms with Crippen LogP contribution in [-0.2, 0) is 0 Å². The first kappa shape index (κ1) is 12.9. The Hall–Kier alpha value is -0.0800. The number of rotatable bonds is 8. The zero-order valence-electron chi connectivity index (χ0n) is 9.00. The summed E-state index contributed by atoms with van der Waals surface area (Å²) in [5.41, 5.74) is 0. The molecule has 0 saturated heterocycles. The maximum Gasteiger partial charge on any atom is 0.0540 e. The molecule has 0 aromatic heterocycles. The van der Waals surface area contributed by atoms with Gasteiger partial charge in [0.25, 0.3) is 0 Å². The van der Waals surface area contributed by atoms with E-state index in [9.17, 15) is 10.2 Å². The quantitative estimate of drug-likeness (QED) is 0.614. The molecule has 0 bridgehead atoms. The van der Waals surface area contributed by atoms with Crippen LogP contribution in [0.5, 0.6) is 0 Å². The first-order chi connectivity index (χ1) is 6.20. The van der Waals surface area contributed by atoms with Crippen molar-refractivity contribution in [2.45, 2.75) is 71.0 Å². The minimum Gasteiger partial charge on any atom is -0.393 e. The third kappa shape index (κ3) is 8.26. The smallest absolute Gasteiger partial charge is 0.0540 e. The molecule has 0 heterocycles. The number of aliphatic hydroxyl groups is 2. The SMILES string of the molecule is CCC[C@@H](O)CCC[C@H](O)CCC. The van der Waals surface area contributed by atoms with Crippen molar-refractivity contribution in [2.75, 3.05) is 0 Å². The molecule has 0 aliphatic heterocycles. The van der Waals surface area contributed by atoms with Gasteiger partial charge in [-0.2, -0.15) is 0 Å². The van der Waals surface area contributed by atoms with Crippen LogP contribution in [0.2, 0.25) is 0 Å². The molecule has 0 aliphatic carbocycles. The van der Waals surface area contributed by atoms with Gasteiger partial charge in [-0.25, -0.2) is 0 Å². The molecular formula is C11H24O2. The average Bonchev–Trinajstić information content (AvgIpc) is 2.05. The Morgan fingerprint density at radius 3 is 1.46 bits per heavy atom. The van der Waals surface area contributed by atoms with Crippen LogP contribution < -0.4 is 0 Å². The van der Waals surface area contributed by atoms with Crippen LogP contribution >= 0.6 is 0 Å². The van der Waals surface area contributed by atoms with Crippen LogP contribution in [0.3, 0.4) is 0 Å². The number of hydrogen-bond donors (Lipinski definition) is 2. The molecule has 2 N–H and O–H groups in total. The fourth-order valence-electron chi connectivity index (χ4n) is 1.54. The second kappa shape index (κ2) is 8.52. The van der Waals surface area contributed by atoms with E-state index in [0.29, 0.717) is 0 Å². The molecular weight excluding hydrogens is 164 g/mol. The molecule has 0 aliphatic rings. The molecule has 0 amide bonds. The van der Waals surface area contributed by atoms with Crippen molar-refractivity contribution in [1.82, 2.24) is 0 Å². The highest BCUT2D eigenvalue weighted by molar-refractivity contribution is 4.59. The zero-order valence-corrected chi connectivity index (χ0v) is 9.00. The van der Waals surface area contributed by atoms with Crippen molar-refractivity contribution in [3.63, 3.8) is 0 Å². The van der Waals surface area contributed by atoms with E-state index >= 15 is 0 Å². The molecule has 0 aromatic rings. The van der Waals surface area contributed by atoms with Gasteiger partial charge in [0.1, 0.15) is 0 Å². The first-order valence-corrected chi connectivity index (χ1v) is 5.56. The van der Waals surface area contributed by atoms with Crippen LogP contribution in [0.15, 0.2) is 0 Å². The van der Waals surface area contributed by atoms with Crippen LogP contribution in [0.4, 0.5) is 0 Å². The maximum atomic E-state index is 9.41. The lowest BCUT2D eigenvalue weighted by atomic mass is 10.0. The molecule has 2 nitrogen and oxygen atoms in total. The Kier molecular flexibility index (Phi) is 8.46. The molecule has 0 spiro atoms. The Bertz CT molecular complexity index is 92.3. The normalized spacial score (nSPS) is 15.7. The molecule has 13 heavy (non-hydrogen) atoms. The van der Waals surface area contributed by atoms with Crippen molar-refractivity contribution in [1.29, 1.82) is 0 Å². The van der Waals surface area contributed by atoms with Gasteiger partial charge in [-0.05, 0) is 32.1 Å². The maximum absolute atomic E-state index is 9.41. The van der Waals surface area contributed by atoms with E-state index in [1.54, 1.807) is 0 Å². The molecule has 0 aromatic carbocycles. The summed E-state index contributed by atoms with van der Waals surface area (Å²) in [7, 11) is 0. The van der Waals surface area contributed by atoms with Gasteiger partial charge in [0.2, 0.25) is 0 Å². The first-order valence-electron chi connectivity index (χ1n) is 5.56. The van der Waals surface area contributed by atoms with Gasteiger partial charge in [-0.15, -0.1) is 0 Å². The predicted molar refractivity (Wildman–Crippen MR) is 55.7 cm³/mol. The topological polar surface area (TPSA) is 40.5 Å². The van der Waals surface area contributed by atoms with Crippen molar-refractivity contribution in [3.8, 4) is 0 Å². The lowest BCUT2D eigenvalue weighted by Crippen LogP contribution is -2.09. The molecule has 0 fully saturated rings. The fourth-order valence-corrected chi connectivity index (χ4v) is 1.54. The fraction of sp³-hybridized carbons (Fsp3) is 1.00. The van der Waals surface area contributed by atoms with Gasteiger partial charge in [-0.1, -0.05) is 26.7 Å². The van der Waals surface area contributed by atoms with Gasteiger partial charge in [0.15, 0.2) is 0 Å². The van der Waals surface area contributed by atoms with Crippen LogP contribution in [0, 0.1) is 0 Å². The second-order valence-corrected chi connectivity index (χ2v) is 3.82. The molecule has 80 valence electrons. The summed E-state index contributed by atoms with van der Waals surface area (Å²) in [6.07, 6.45) is 6.19. The summed E-state index contributed by atoms with van der Waals surface area (Å²) in [6, 6.07) is 0. The van der Waals surface area contributed by atoms with Gasteiger partial charge in [0, 0.05) is 0 Å². The highest BCUT2D eigenvalue weighted by Gasteiger charge is 2.05. The Morgan fingerprint density at radius 1 is 0.769 bits per heavy atom. The van der Waals surface area contributed by atoms with Crippen molar-refractivity contribution in [3.05, 3.63) is 0 Å². The Morgan fingerprint density at radius 2 is 1.15 bits per heavy atom. The van der Waals surface area contributed by atoms with Gasteiger partial charge >= 0.3 is 0 Å². The largest absolute Gasteiger partial charge is 0.393 e. The summed E-state index contributed by atoms with van der Waals surface area (Å²) in [5, 5.41) is 18.8. The van der Waals surface area contributed by atoms with E-state index in [1.807, 2.05) is 0 Å². The van der Waals surface area contributed by atoms with Crippen molar-refractivity contribution < 1.29 is 10.2 Å². The third-order valence-corrected chi connectivity index (χ3v) is 2.32. The van der Waals surface area contributed by atoms with Crippen LogP contribution in [0.1, 0.15) is 58.8 Å². The van der Waals surface area contributed by atoms with E-state index < -0.39 is 0 Å². The molecule has 0 unspecified atom stereocenters. The molecule has 2 atom stereocenters. The van der Waals surface area contributed by atoms with E-state index in [0.717, 1.165) is 44.9 Å². The van der Waals surface area contributed by atoms with Crippen LogP contribution in [0.25, 0.3) is 0 Å². The van der Waals surface area contributed by atoms with E-state index in [2.05, 4.69) is 13.8 Å². The monoisotopic (exact) mass is 188 g/mol. The summed E-state index contributed by atoms with van der Waals surface area (Å²) >= 11 is 0. The molecule has 0 saturated carbocycles. The number of hydrogen-bond acceptors (Lipinski definition) is 2. The van der Waals surface area contributed by atoms with Gasteiger partial charge < -0.3 is 10.2 Å². The van der Waals surface area contributed by atoms with Crippen LogP contribution in [-0.4, -0.2) is 22.4 Å². The average molecular weight is 188 g/mol. The highest BCUT2D eigenvalue weighted by atomic mass is 16.3. The minimum atomic E-state index is -0.154. The van der Waals surface area contributed by atoms with Gasteiger partial charge in [0.05, 0.1) is 12.2 Å². The summed E-state index contributed by atoms with van der Waals surface area (Å²) < 4.78 is 0. The molecule has 0 rings (SSSR count). The molecule has 2 heteroatoms. The number of aliphatic hydroxyl groups excluding tert-OH is 2. The lowest BCUT2D eigenvalue weighted by molar-refractivity contribution is 0.123. The summed E-state index contributed by atoms with van der Waals surface area (Å²) in [6.45, 7) is 4.16. The Balaban J connectivity index is 3.23.